The Bertz CT molecular complexity index is 2320. The number of thiophene rings is 1. The molecule has 274 valence electrons. The minimum atomic E-state index is -1.45. The maximum Gasteiger partial charge on any atom is 0.423 e. The van der Waals surface area contributed by atoms with Crippen LogP contribution < -0.4 is 14.4 Å². The molecule has 2 aliphatic heterocycles. The summed E-state index contributed by atoms with van der Waals surface area (Å²) < 4.78 is 18.9. The maximum atomic E-state index is 15.2. The fourth-order valence-electron chi connectivity index (χ4n) is 9.24. The lowest BCUT2D eigenvalue weighted by Crippen LogP contribution is -2.49. The van der Waals surface area contributed by atoms with Crippen molar-refractivity contribution in [3.63, 3.8) is 0 Å². The maximum absolute atomic E-state index is 15.2. The topological polar surface area (TPSA) is 158 Å². The number of phenols is 1. The van der Waals surface area contributed by atoms with Crippen LogP contribution in [0.3, 0.4) is 0 Å². The van der Waals surface area contributed by atoms with Crippen molar-refractivity contribution in [1.29, 1.82) is 0 Å². The molecule has 0 spiro atoms. The van der Waals surface area contributed by atoms with E-state index in [2.05, 4.69) is 0 Å². The van der Waals surface area contributed by atoms with Crippen molar-refractivity contribution < 1.29 is 43.3 Å². The van der Waals surface area contributed by atoms with Crippen LogP contribution in [0.4, 0.5) is 10.6 Å². The molecule has 4 heterocycles. The summed E-state index contributed by atoms with van der Waals surface area (Å²) in [6, 6.07) is 10.2. The van der Waals surface area contributed by atoms with E-state index in [-0.39, 0.29) is 35.9 Å². The molecule has 13 nitrogen and oxygen atoms in total. The van der Waals surface area contributed by atoms with Gasteiger partial charge in [-0.1, -0.05) is 23.3 Å². The van der Waals surface area contributed by atoms with Gasteiger partial charge in [-0.15, -0.1) is 11.3 Å². The van der Waals surface area contributed by atoms with Crippen LogP contribution in [-0.4, -0.2) is 70.8 Å². The van der Waals surface area contributed by atoms with Crippen molar-refractivity contribution in [1.82, 2.24) is 14.7 Å². The number of allylic oxidation sites excluding steroid dienone is 2. The second-order valence-corrected chi connectivity index (χ2v) is 15.6. The lowest BCUT2D eigenvalue weighted by Gasteiger charge is -2.49. The fourth-order valence-corrected chi connectivity index (χ4v) is 10.6. The molecule has 0 radical (unpaired) electrons. The third-order valence-corrected chi connectivity index (χ3v) is 13.2. The van der Waals surface area contributed by atoms with E-state index < -0.39 is 64.7 Å². The number of amides is 5. The summed E-state index contributed by atoms with van der Waals surface area (Å²) in [5.41, 5.74) is 1.14. The average molecular weight is 759 g/mol. The Kier molecular flexibility index (Phi) is 8.00. The van der Waals surface area contributed by atoms with E-state index >= 15 is 4.79 Å². The largest absolute Gasteiger partial charge is 0.508 e. The van der Waals surface area contributed by atoms with E-state index in [4.69, 9.17) is 30.9 Å². The van der Waals surface area contributed by atoms with Gasteiger partial charge in [-0.2, -0.15) is 10.00 Å². The van der Waals surface area contributed by atoms with E-state index in [1.165, 1.54) is 47.3 Å². The molecule has 15 heteroatoms. The number of aryl methyl sites for hydroxylation is 2. The van der Waals surface area contributed by atoms with Crippen molar-refractivity contribution >= 4 is 68.6 Å². The summed E-state index contributed by atoms with van der Waals surface area (Å²) in [6.07, 6.45) is 0.941. The van der Waals surface area contributed by atoms with E-state index in [1.807, 2.05) is 31.2 Å². The molecule has 0 bridgehead atoms. The summed E-state index contributed by atoms with van der Waals surface area (Å²) in [4.78, 5) is 72.7. The van der Waals surface area contributed by atoms with Gasteiger partial charge in [0.05, 0.1) is 49.4 Å². The number of fused-ring (bicyclic) bond motifs is 5. The van der Waals surface area contributed by atoms with Crippen LogP contribution in [0.5, 0.6) is 17.2 Å². The third-order valence-electron chi connectivity index (χ3n) is 11.7. The molecular weight excluding hydrogens is 724 g/mol. The van der Waals surface area contributed by atoms with Crippen molar-refractivity contribution in [2.45, 2.75) is 32.6 Å². The smallest absolute Gasteiger partial charge is 0.423 e. The number of aromatic hydroxyl groups is 1. The molecule has 4 aliphatic rings. The highest BCUT2D eigenvalue weighted by Gasteiger charge is 2.69. The van der Waals surface area contributed by atoms with Crippen LogP contribution in [0.25, 0.3) is 20.7 Å². The van der Waals surface area contributed by atoms with Gasteiger partial charge in [-0.05, 0) is 61.8 Å². The molecule has 3 fully saturated rings. The number of likely N-dealkylation sites (tertiary alicyclic amines) is 1. The van der Waals surface area contributed by atoms with Crippen molar-refractivity contribution in [3.05, 3.63) is 64.2 Å². The Labute approximate surface area is 312 Å². The van der Waals surface area contributed by atoms with E-state index in [0.29, 0.717) is 26.8 Å². The SMILES string of the molecule is COC(=O)N1C(=O)C2CC=C3C(CC4C(=O)N(c5cc(-c6sc7ccc(Cl)cc7c6C)nn5C)C(=O)C4(C)C3c3c(OC)cc(O)cc3OC)C2C1=O. The number of halogens is 1. The molecule has 4 aromatic rings. The lowest BCUT2D eigenvalue weighted by atomic mass is 9.51. The molecule has 8 rings (SSSR count). The number of benzene rings is 2. The average Bonchev–Trinajstić information content (AvgIpc) is 3.81. The molecule has 2 aromatic heterocycles. The zero-order valence-corrected chi connectivity index (χ0v) is 31.2. The molecule has 1 saturated carbocycles. The molecule has 6 atom stereocenters. The number of aromatic nitrogens is 2. The van der Waals surface area contributed by atoms with Crippen molar-refractivity contribution in [2.24, 2.45) is 36.1 Å². The zero-order valence-electron chi connectivity index (χ0n) is 29.6. The molecule has 6 unspecified atom stereocenters. The number of rotatable bonds is 5. The first kappa shape index (κ1) is 34.9. The second kappa shape index (κ2) is 12.2. The highest BCUT2D eigenvalue weighted by molar-refractivity contribution is 7.22. The van der Waals surface area contributed by atoms with Crippen LogP contribution in [0.15, 0.2) is 48.0 Å². The van der Waals surface area contributed by atoms with Crippen LogP contribution >= 0.6 is 22.9 Å². The second-order valence-electron chi connectivity index (χ2n) is 14.1. The first-order valence-electron chi connectivity index (χ1n) is 17.0. The Balaban J connectivity index is 1.29. The third kappa shape index (κ3) is 4.74. The molecule has 2 saturated heterocycles. The van der Waals surface area contributed by atoms with Gasteiger partial charge < -0.3 is 19.3 Å². The highest BCUT2D eigenvalue weighted by Crippen LogP contribution is 2.65. The standard InChI is InChI=1S/C38H35ClN4O9S/c1-16-21-11-17(39)7-10-27(21)53-32(16)24-15-28(41(3)40-24)42-34(46)23-14-22-19(8-9-20-29(22)35(47)43(33(20)45)37(49)52-6)31(38(23,2)36(42)48)30-25(50-4)12-18(44)13-26(30)51-5/h7-8,10-13,15,20,22-23,29,31,44H,9,14H2,1-6H3. The summed E-state index contributed by atoms with van der Waals surface area (Å²) >= 11 is 7.83. The van der Waals surface area contributed by atoms with Gasteiger partial charge >= 0.3 is 6.09 Å². The van der Waals surface area contributed by atoms with Gasteiger partial charge in [0.1, 0.15) is 28.8 Å². The van der Waals surface area contributed by atoms with Gasteiger partial charge in [0.25, 0.3) is 0 Å². The molecule has 5 amide bonds. The van der Waals surface area contributed by atoms with Crippen LogP contribution in [-0.2, 0) is 31.0 Å². The Hall–Kier alpha value is -5.21. The number of ether oxygens (including phenoxy) is 3. The van der Waals surface area contributed by atoms with Crippen molar-refractivity contribution in [3.8, 4) is 27.8 Å². The van der Waals surface area contributed by atoms with Gasteiger partial charge in [-0.25, -0.2) is 9.69 Å². The van der Waals surface area contributed by atoms with Gasteiger partial charge in [-0.3, -0.25) is 23.9 Å². The molecule has 1 N–H and O–H groups in total. The number of nitrogens with zero attached hydrogens (tertiary/aromatic N) is 4. The summed E-state index contributed by atoms with van der Waals surface area (Å²) in [6.45, 7) is 3.71. The molecular formula is C38H35ClN4O9S. The van der Waals surface area contributed by atoms with E-state index in [1.54, 1.807) is 20.0 Å². The summed E-state index contributed by atoms with van der Waals surface area (Å²) in [5, 5.41) is 16.9. The highest BCUT2D eigenvalue weighted by atomic mass is 35.5. The number of carbonyl (C=O) groups is 5. The number of hydrogen-bond donors (Lipinski definition) is 1. The quantitative estimate of drug-likeness (QED) is 0.190. The van der Waals surface area contributed by atoms with Crippen LogP contribution in [0.1, 0.15) is 36.8 Å². The molecule has 2 aromatic carbocycles. The predicted molar refractivity (Wildman–Crippen MR) is 194 cm³/mol. The van der Waals surface area contributed by atoms with Gasteiger partial charge in [0.2, 0.25) is 23.6 Å². The number of anilines is 1. The Morgan fingerprint density at radius 2 is 1.70 bits per heavy atom. The number of phenolic OH excluding ortho intramolecular Hbond substituents is 1. The first-order valence-corrected chi connectivity index (χ1v) is 18.2. The summed E-state index contributed by atoms with van der Waals surface area (Å²) in [7, 11) is 5.61. The minimum absolute atomic E-state index is 0.0543. The lowest BCUT2D eigenvalue weighted by molar-refractivity contribution is -0.138. The number of carbonyl (C=O) groups excluding carboxylic acids is 5. The van der Waals surface area contributed by atoms with Gasteiger partial charge in [0.15, 0.2) is 0 Å². The number of hydrogen-bond acceptors (Lipinski definition) is 11. The van der Waals surface area contributed by atoms with E-state index in [9.17, 15) is 24.3 Å². The number of methoxy groups -OCH3 is 3. The zero-order chi connectivity index (χ0) is 37.8. The van der Waals surface area contributed by atoms with Crippen LogP contribution in [0, 0.1) is 36.0 Å². The number of imide groups is 4. The molecule has 53 heavy (non-hydrogen) atoms. The Morgan fingerprint density at radius 3 is 2.36 bits per heavy atom. The normalized spacial score (nSPS) is 26.5. The minimum Gasteiger partial charge on any atom is -0.508 e. The van der Waals surface area contributed by atoms with Crippen molar-refractivity contribution in [2.75, 3.05) is 26.2 Å². The fraction of sp³-hybridized carbons (Fsp3) is 0.368. The van der Waals surface area contributed by atoms with Crippen LogP contribution in [0.2, 0.25) is 5.02 Å². The first-order chi connectivity index (χ1) is 25.3. The Morgan fingerprint density at radius 1 is 1.00 bits per heavy atom. The predicted octanol–water partition coefficient (Wildman–Crippen LogP) is 5.98. The van der Waals surface area contributed by atoms with E-state index in [0.717, 1.165) is 27.6 Å². The molecule has 2 aliphatic carbocycles. The summed E-state index contributed by atoms with van der Waals surface area (Å²) in [5.74, 6) is -6.24. The monoisotopic (exact) mass is 758 g/mol. The van der Waals surface area contributed by atoms with Gasteiger partial charge in [0, 0.05) is 46.5 Å².